The van der Waals surface area contributed by atoms with Gasteiger partial charge in [-0.15, -0.1) is 0 Å². The lowest BCUT2D eigenvalue weighted by molar-refractivity contribution is 0.0664. The summed E-state index contributed by atoms with van der Waals surface area (Å²) in [6, 6.07) is 0. The highest BCUT2D eigenvalue weighted by Crippen LogP contribution is 2.20. The van der Waals surface area contributed by atoms with E-state index >= 15 is 0 Å². The predicted octanol–water partition coefficient (Wildman–Crippen LogP) is 0.621. The van der Waals surface area contributed by atoms with Crippen molar-refractivity contribution >= 4 is 5.91 Å². The average Bonchev–Trinajstić information content (AvgIpc) is 2.76. The topological polar surface area (TPSA) is 64.2 Å². The second-order valence-electron chi connectivity index (χ2n) is 4.76. The largest absolute Gasteiger partial charge is 0.340 e. The molecule has 1 amide bonds. The van der Waals surface area contributed by atoms with E-state index in [2.05, 4.69) is 4.98 Å². The molecular weight excluding hydrogens is 216 g/mol. The standard InChI is InChI=1S/C12H20N4O/c1-15-8-11(14-9-15)12(17)16-6-2-3-10(7-16)4-5-13/h8-10H,2-7,13H2,1H3. The summed E-state index contributed by atoms with van der Waals surface area (Å²) >= 11 is 0. The van der Waals surface area contributed by atoms with Crippen molar-refractivity contribution < 1.29 is 4.79 Å². The Kier molecular flexibility index (Phi) is 3.78. The minimum Gasteiger partial charge on any atom is -0.340 e. The second kappa shape index (κ2) is 5.31. The molecule has 2 N–H and O–H groups in total. The number of aryl methyl sites for hydroxylation is 1. The molecule has 1 aromatic heterocycles. The van der Waals surface area contributed by atoms with Gasteiger partial charge in [0.1, 0.15) is 5.69 Å². The Hall–Kier alpha value is -1.36. The molecular formula is C12H20N4O. The SMILES string of the molecule is Cn1cnc(C(=O)N2CCCC(CCN)C2)c1. The van der Waals surface area contributed by atoms with Crippen molar-refractivity contribution in [1.82, 2.24) is 14.5 Å². The monoisotopic (exact) mass is 236 g/mol. The number of nitrogens with two attached hydrogens (primary N) is 1. The number of carbonyl (C=O) groups is 1. The first-order valence-electron chi connectivity index (χ1n) is 6.18. The third-order valence-corrected chi connectivity index (χ3v) is 3.31. The Bertz CT molecular complexity index is 386. The zero-order valence-electron chi connectivity index (χ0n) is 10.3. The van der Waals surface area contributed by atoms with Gasteiger partial charge in [-0.2, -0.15) is 0 Å². The molecule has 1 aliphatic heterocycles. The number of carbonyl (C=O) groups excluding carboxylic acids is 1. The zero-order chi connectivity index (χ0) is 12.3. The Morgan fingerprint density at radius 2 is 2.47 bits per heavy atom. The van der Waals surface area contributed by atoms with Gasteiger partial charge in [0.15, 0.2) is 0 Å². The molecule has 2 heterocycles. The number of hydrogen-bond acceptors (Lipinski definition) is 3. The molecule has 0 aromatic carbocycles. The lowest BCUT2D eigenvalue weighted by Crippen LogP contribution is -2.40. The number of nitrogens with zero attached hydrogens (tertiary/aromatic N) is 3. The highest BCUT2D eigenvalue weighted by molar-refractivity contribution is 5.92. The molecule has 0 spiro atoms. The van der Waals surface area contributed by atoms with E-state index < -0.39 is 0 Å². The number of hydrogen-bond donors (Lipinski definition) is 1. The molecule has 17 heavy (non-hydrogen) atoms. The van der Waals surface area contributed by atoms with Crippen LogP contribution in [0.4, 0.5) is 0 Å². The third-order valence-electron chi connectivity index (χ3n) is 3.31. The van der Waals surface area contributed by atoms with Gasteiger partial charge in [0.2, 0.25) is 0 Å². The van der Waals surface area contributed by atoms with Gasteiger partial charge >= 0.3 is 0 Å². The van der Waals surface area contributed by atoms with E-state index in [1.807, 2.05) is 11.9 Å². The normalized spacial score (nSPS) is 20.6. The van der Waals surface area contributed by atoms with E-state index in [0.717, 1.165) is 25.9 Å². The summed E-state index contributed by atoms with van der Waals surface area (Å²) < 4.78 is 1.80. The quantitative estimate of drug-likeness (QED) is 0.836. The van der Waals surface area contributed by atoms with Gasteiger partial charge in [0.05, 0.1) is 6.33 Å². The fourth-order valence-corrected chi connectivity index (χ4v) is 2.41. The van der Waals surface area contributed by atoms with Crippen LogP contribution >= 0.6 is 0 Å². The lowest BCUT2D eigenvalue weighted by atomic mass is 9.95. The number of likely N-dealkylation sites (tertiary alicyclic amines) is 1. The van der Waals surface area contributed by atoms with Gasteiger partial charge in [0.25, 0.3) is 5.91 Å². The van der Waals surface area contributed by atoms with Crippen LogP contribution in [0.15, 0.2) is 12.5 Å². The molecule has 1 atom stereocenters. The van der Waals surface area contributed by atoms with Gasteiger partial charge in [-0.25, -0.2) is 4.98 Å². The summed E-state index contributed by atoms with van der Waals surface area (Å²) in [7, 11) is 1.87. The van der Waals surface area contributed by atoms with Crippen molar-refractivity contribution in [3.05, 3.63) is 18.2 Å². The number of aromatic nitrogens is 2. The summed E-state index contributed by atoms with van der Waals surface area (Å²) in [5, 5.41) is 0. The van der Waals surface area contributed by atoms with Crippen LogP contribution in [-0.2, 0) is 7.05 Å². The van der Waals surface area contributed by atoms with Crippen LogP contribution in [0, 0.1) is 5.92 Å². The molecule has 5 heteroatoms. The highest BCUT2D eigenvalue weighted by atomic mass is 16.2. The van der Waals surface area contributed by atoms with E-state index in [4.69, 9.17) is 5.73 Å². The van der Waals surface area contributed by atoms with Crippen LogP contribution in [0.25, 0.3) is 0 Å². The molecule has 1 aromatic rings. The number of imidazole rings is 1. The molecule has 0 radical (unpaired) electrons. The minimum absolute atomic E-state index is 0.0484. The maximum atomic E-state index is 12.2. The van der Waals surface area contributed by atoms with Gasteiger partial charge in [-0.05, 0) is 31.7 Å². The Morgan fingerprint density at radius 1 is 1.65 bits per heavy atom. The van der Waals surface area contributed by atoms with Crippen LogP contribution in [0.1, 0.15) is 29.8 Å². The highest BCUT2D eigenvalue weighted by Gasteiger charge is 2.24. The second-order valence-corrected chi connectivity index (χ2v) is 4.76. The molecule has 1 saturated heterocycles. The van der Waals surface area contributed by atoms with Crippen LogP contribution in [0.2, 0.25) is 0 Å². The van der Waals surface area contributed by atoms with Gasteiger partial charge in [-0.3, -0.25) is 4.79 Å². The molecule has 5 nitrogen and oxygen atoms in total. The molecule has 2 rings (SSSR count). The number of piperidine rings is 1. The fraction of sp³-hybridized carbons (Fsp3) is 0.667. The summed E-state index contributed by atoms with van der Waals surface area (Å²) in [5.41, 5.74) is 6.12. The van der Waals surface area contributed by atoms with E-state index in [-0.39, 0.29) is 5.91 Å². The van der Waals surface area contributed by atoms with Crippen molar-refractivity contribution in [1.29, 1.82) is 0 Å². The van der Waals surface area contributed by atoms with Crippen LogP contribution in [0.5, 0.6) is 0 Å². The van der Waals surface area contributed by atoms with Crippen molar-refractivity contribution in [3.8, 4) is 0 Å². The summed E-state index contributed by atoms with van der Waals surface area (Å²) in [6.45, 7) is 2.37. The molecule has 1 aliphatic rings. The van der Waals surface area contributed by atoms with Crippen molar-refractivity contribution in [3.63, 3.8) is 0 Å². The fourth-order valence-electron chi connectivity index (χ4n) is 2.41. The molecule has 1 unspecified atom stereocenters. The van der Waals surface area contributed by atoms with Gasteiger partial charge in [-0.1, -0.05) is 0 Å². The van der Waals surface area contributed by atoms with Crippen molar-refractivity contribution in [2.24, 2.45) is 18.7 Å². The van der Waals surface area contributed by atoms with Crippen LogP contribution in [0.3, 0.4) is 0 Å². The molecule has 94 valence electrons. The summed E-state index contributed by atoms with van der Waals surface area (Å²) in [5.74, 6) is 0.605. The van der Waals surface area contributed by atoms with E-state index in [1.165, 1.54) is 6.42 Å². The third kappa shape index (κ3) is 2.85. The van der Waals surface area contributed by atoms with Crippen LogP contribution < -0.4 is 5.73 Å². The Labute approximate surface area is 102 Å². The molecule has 0 saturated carbocycles. The Balaban J connectivity index is 1.99. The van der Waals surface area contributed by atoms with Gasteiger partial charge in [0, 0.05) is 26.3 Å². The first kappa shape index (κ1) is 12.1. The average molecular weight is 236 g/mol. The van der Waals surface area contributed by atoms with Crippen molar-refractivity contribution in [2.45, 2.75) is 19.3 Å². The van der Waals surface area contributed by atoms with E-state index in [9.17, 15) is 4.79 Å². The molecule has 0 bridgehead atoms. The zero-order valence-corrected chi connectivity index (χ0v) is 10.3. The number of rotatable bonds is 3. The lowest BCUT2D eigenvalue weighted by Gasteiger charge is -2.32. The maximum Gasteiger partial charge on any atom is 0.274 e. The first-order chi connectivity index (χ1) is 8.20. The van der Waals surface area contributed by atoms with Crippen molar-refractivity contribution in [2.75, 3.05) is 19.6 Å². The predicted molar refractivity (Wildman–Crippen MR) is 65.5 cm³/mol. The molecule has 0 aliphatic carbocycles. The maximum absolute atomic E-state index is 12.2. The van der Waals surface area contributed by atoms with E-state index in [0.29, 0.717) is 18.2 Å². The smallest absolute Gasteiger partial charge is 0.274 e. The minimum atomic E-state index is 0.0484. The van der Waals surface area contributed by atoms with E-state index in [1.54, 1.807) is 17.1 Å². The Morgan fingerprint density at radius 3 is 3.12 bits per heavy atom. The van der Waals surface area contributed by atoms with Crippen LogP contribution in [-0.4, -0.2) is 40.0 Å². The summed E-state index contributed by atoms with van der Waals surface area (Å²) in [4.78, 5) is 18.2. The van der Waals surface area contributed by atoms with Gasteiger partial charge < -0.3 is 15.2 Å². The number of amides is 1. The summed E-state index contributed by atoms with van der Waals surface area (Å²) in [6.07, 6.45) is 6.70. The molecule has 1 fully saturated rings. The first-order valence-corrected chi connectivity index (χ1v) is 6.18.